The lowest BCUT2D eigenvalue weighted by molar-refractivity contribution is 0.386. The van der Waals surface area contributed by atoms with Gasteiger partial charge in [0.25, 0.3) is 0 Å². The number of nitrogens with two attached hydrogens (primary N) is 1. The lowest BCUT2D eigenvalue weighted by Gasteiger charge is -2.18. The fourth-order valence-corrected chi connectivity index (χ4v) is 4.07. The lowest BCUT2D eigenvalue weighted by Crippen LogP contribution is -2.14. The van der Waals surface area contributed by atoms with E-state index in [0.717, 1.165) is 20.5 Å². The van der Waals surface area contributed by atoms with Crippen LogP contribution in [-0.2, 0) is 16.6 Å². The summed E-state index contributed by atoms with van der Waals surface area (Å²) >= 11 is 4.90. The number of halogens is 1. The first kappa shape index (κ1) is 20.3. The van der Waals surface area contributed by atoms with Crippen LogP contribution < -0.4 is 9.88 Å². The average Bonchev–Trinajstić information content (AvgIpc) is 2.48. The summed E-state index contributed by atoms with van der Waals surface area (Å²) in [5.41, 5.74) is 1.87. The number of nitrogens with zero attached hydrogens (tertiary/aromatic N) is 1. The molecule has 0 atom stereocenters. The third-order valence-corrected chi connectivity index (χ3v) is 5.81. The molecule has 0 aliphatic heterocycles. The van der Waals surface area contributed by atoms with Crippen LogP contribution >= 0.6 is 27.7 Å². The van der Waals surface area contributed by atoms with Crippen LogP contribution in [0.25, 0.3) is 0 Å². The van der Waals surface area contributed by atoms with Crippen molar-refractivity contribution < 1.29 is 13.2 Å². The molecule has 0 amide bonds. The minimum Gasteiger partial charge on any atom is -0.456 e. The van der Waals surface area contributed by atoms with Crippen molar-refractivity contribution in [3.8, 4) is 11.5 Å². The molecule has 2 aromatic carbocycles. The van der Waals surface area contributed by atoms with E-state index in [1.807, 2.05) is 50.4 Å². The Morgan fingerprint density at radius 3 is 2.44 bits per heavy atom. The standard InChI is InChI=1S/C17H21BrN2O3S2/c1-11-7-15(17(25(19,21)22)9-16(11)24-4)23-14-8-13(18)6-5-12(14)10-20(2)3/h5-9H,10H2,1-4H3,(H2,19,21,22). The van der Waals surface area contributed by atoms with Gasteiger partial charge in [-0.2, -0.15) is 0 Å². The second-order valence-electron chi connectivity index (χ2n) is 5.91. The van der Waals surface area contributed by atoms with E-state index in [-0.39, 0.29) is 10.6 Å². The summed E-state index contributed by atoms with van der Waals surface area (Å²) in [6, 6.07) is 8.97. The molecule has 5 nitrogen and oxygen atoms in total. The van der Waals surface area contributed by atoms with Crippen molar-refractivity contribution in [3.05, 3.63) is 45.9 Å². The van der Waals surface area contributed by atoms with Crippen LogP contribution in [0, 0.1) is 6.92 Å². The third kappa shape index (κ3) is 5.21. The Morgan fingerprint density at radius 2 is 1.88 bits per heavy atom. The van der Waals surface area contributed by atoms with E-state index in [0.29, 0.717) is 12.3 Å². The van der Waals surface area contributed by atoms with Crippen molar-refractivity contribution in [1.29, 1.82) is 0 Å². The highest BCUT2D eigenvalue weighted by Gasteiger charge is 2.19. The SMILES string of the molecule is CSc1cc(S(N)(=O)=O)c(Oc2cc(Br)ccc2CN(C)C)cc1C. The van der Waals surface area contributed by atoms with Gasteiger partial charge in [0.2, 0.25) is 10.0 Å². The van der Waals surface area contributed by atoms with Crippen molar-refractivity contribution in [2.24, 2.45) is 5.14 Å². The second kappa shape index (κ2) is 8.09. The molecule has 0 aliphatic rings. The maximum Gasteiger partial charge on any atom is 0.241 e. The molecule has 25 heavy (non-hydrogen) atoms. The number of hydrogen-bond acceptors (Lipinski definition) is 5. The van der Waals surface area contributed by atoms with Gasteiger partial charge in [-0.1, -0.05) is 22.0 Å². The first-order valence-corrected chi connectivity index (χ1v) is 11.0. The van der Waals surface area contributed by atoms with E-state index < -0.39 is 10.0 Å². The molecule has 0 radical (unpaired) electrons. The van der Waals surface area contributed by atoms with E-state index in [9.17, 15) is 8.42 Å². The van der Waals surface area contributed by atoms with Crippen LogP contribution in [0.4, 0.5) is 0 Å². The van der Waals surface area contributed by atoms with Gasteiger partial charge in [0.1, 0.15) is 16.4 Å². The van der Waals surface area contributed by atoms with Gasteiger partial charge >= 0.3 is 0 Å². The Labute approximate surface area is 161 Å². The Morgan fingerprint density at radius 1 is 1.20 bits per heavy atom. The summed E-state index contributed by atoms with van der Waals surface area (Å²) < 4.78 is 30.9. The molecular weight excluding hydrogens is 424 g/mol. The molecule has 0 spiro atoms. The third-order valence-electron chi connectivity index (χ3n) is 3.50. The molecule has 0 aliphatic carbocycles. The molecule has 0 unspecified atom stereocenters. The summed E-state index contributed by atoms with van der Waals surface area (Å²) in [4.78, 5) is 2.84. The van der Waals surface area contributed by atoms with E-state index in [1.54, 1.807) is 12.1 Å². The maximum atomic E-state index is 12.0. The summed E-state index contributed by atoms with van der Waals surface area (Å²) in [6.07, 6.45) is 1.89. The zero-order chi connectivity index (χ0) is 18.8. The molecule has 0 aromatic heterocycles. The van der Waals surface area contributed by atoms with Gasteiger partial charge in [0.15, 0.2) is 0 Å². The van der Waals surface area contributed by atoms with Crippen LogP contribution in [0.1, 0.15) is 11.1 Å². The van der Waals surface area contributed by atoms with Gasteiger partial charge in [0, 0.05) is 21.5 Å². The normalized spacial score (nSPS) is 11.8. The van der Waals surface area contributed by atoms with Crippen molar-refractivity contribution in [2.45, 2.75) is 23.3 Å². The summed E-state index contributed by atoms with van der Waals surface area (Å²) in [5.74, 6) is 0.820. The van der Waals surface area contributed by atoms with E-state index in [4.69, 9.17) is 9.88 Å². The summed E-state index contributed by atoms with van der Waals surface area (Å²) in [5, 5.41) is 5.40. The minimum atomic E-state index is -3.91. The number of sulfonamides is 1. The van der Waals surface area contributed by atoms with Gasteiger partial charge in [-0.15, -0.1) is 11.8 Å². The van der Waals surface area contributed by atoms with E-state index in [2.05, 4.69) is 15.9 Å². The highest BCUT2D eigenvalue weighted by molar-refractivity contribution is 9.10. The maximum absolute atomic E-state index is 12.0. The molecule has 2 aromatic rings. The summed E-state index contributed by atoms with van der Waals surface area (Å²) in [6.45, 7) is 2.57. The summed E-state index contributed by atoms with van der Waals surface area (Å²) in [7, 11) is 0.00528. The van der Waals surface area contributed by atoms with Crippen molar-refractivity contribution in [3.63, 3.8) is 0 Å². The monoisotopic (exact) mass is 444 g/mol. The molecule has 2 N–H and O–H groups in total. The Balaban J connectivity index is 2.57. The van der Waals surface area contributed by atoms with Crippen molar-refractivity contribution >= 4 is 37.7 Å². The minimum absolute atomic E-state index is 0.0155. The van der Waals surface area contributed by atoms with Crippen LogP contribution in [0.5, 0.6) is 11.5 Å². The molecule has 0 saturated carbocycles. The number of primary sulfonamides is 1. The van der Waals surface area contributed by atoms with Crippen LogP contribution in [0.15, 0.2) is 44.6 Å². The molecule has 136 valence electrons. The second-order valence-corrected chi connectivity index (χ2v) is 9.20. The molecule has 2 rings (SSSR count). The molecule has 0 heterocycles. The van der Waals surface area contributed by atoms with Crippen molar-refractivity contribution in [2.75, 3.05) is 20.4 Å². The fraction of sp³-hybridized carbons (Fsp3) is 0.294. The molecule has 0 bridgehead atoms. The molecular formula is C17H21BrN2O3S2. The zero-order valence-corrected chi connectivity index (χ0v) is 17.8. The lowest BCUT2D eigenvalue weighted by atomic mass is 10.2. The van der Waals surface area contributed by atoms with Gasteiger partial charge in [-0.25, -0.2) is 13.6 Å². The van der Waals surface area contributed by atoms with Crippen LogP contribution in [-0.4, -0.2) is 33.7 Å². The average molecular weight is 445 g/mol. The highest BCUT2D eigenvalue weighted by Crippen LogP contribution is 2.36. The molecule has 0 saturated heterocycles. The predicted octanol–water partition coefficient (Wildman–Crippen LogP) is 3.98. The Kier molecular flexibility index (Phi) is 6.56. The Hall–Kier alpha value is -1.06. The quantitative estimate of drug-likeness (QED) is 0.681. The number of ether oxygens (including phenoxy) is 1. The number of hydrogen-bond donors (Lipinski definition) is 1. The van der Waals surface area contributed by atoms with Crippen molar-refractivity contribution in [1.82, 2.24) is 4.90 Å². The smallest absolute Gasteiger partial charge is 0.241 e. The zero-order valence-electron chi connectivity index (χ0n) is 14.5. The number of thioether (sulfide) groups is 1. The number of rotatable bonds is 6. The fourth-order valence-electron chi connectivity index (χ4n) is 2.38. The topological polar surface area (TPSA) is 72.6 Å². The Bertz CT molecular complexity index is 884. The number of benzene rings is 2. The van der Waals surface area contributed by atoms with Gasteiger partial charge in [-0.05, 0) is 57.1 Å². The van der Waals surface area contributed by atoms with Crippen LogP contribution in [0.2, 0.25) is 0 Å². The highest BCUT2D eigenvalue weighted by atomic mass is 79.9. The molecule has 8 heteroatoms. The largest absolute Gasteiger partial charge is 0.456 e. The van der Waals surface area contributed by atoms with Gasteiger partial charge in [-0.3, -0.25) is 0 Å². The van der Waals surface area contributed by atoms with E-state index in [1.165, 1.54) is 11.8 Å². The molecule has 0 fully saturated rings. The first-order valence-electron chi connectivity index (χ1n) is 7.44. The first-order chi connectivity index (χ1) is 11.6. The van der Waals surface area contributed by atoms with Crippen LogP contribution in [0.3, 0.4) is 0 Å². The van der Waals surface area contributed by atoms with Gasteiger partial charge in [0.05, 0.1) is 0 Å². The van der Waals surface area contributed by atoms with E-state index >= 15 is 0 Å². The number of aryl methyl sites for hydroxylation is 1. The van der Waals surface area contributed by atoms with Gasteiger partial charge < -0.3 is 9.64 Å². The predicted molar refractivity (Wildman–Crippen MR) is 106 cm³/mol.